The van der Waals surface area contributed by atoms with Crippen molar-refractivity contribution in [3.05, 3.63) is 30.1 Å². The molecule has 0 unspecified atom stereocenters. The summed E-state index contributed by atoms with van der Waals surface area (Å²) in [7, 11) is -3.13. The van der Waals surface area contributed by atoms with E-state index in [1.54, 1.807) is 18.3 Å². The van der Waals surface area contributed by atoms with Gasteiger partial charge < -0.3 is 5.32 Å². The zero-order valence-electron chi connectivity index (χ0n) is 12.2. The number of rotatable bonds is 5. The molecule has 1 aliphatic heterocycles. The van der Waals surface area contributed by atoms with Crippen molar-refractivity contribution in [2.24, 2.45) is 0 Å². The van der Waals surface area contributed by atoms with Crippen molar-refractivity contribution in [3.8, 4) is 0 Å². The SMILES string of the molecule is CCCS(=O)(=O)N1CCC(NC(=O)c2cccnc2)CC1. The Balaban J connectivity index is 1.86. The number of pyridine rings is 1. The van der Waals surface area contributed by atoms with Crippen LogP contribution >= 0.6 is 0 Å². The van der Waals surface area contributed by atoms with Crippen molar-refractivity contribution >= 4 is 15.9 Å². The van der Waals surface area contributed by atoms with Crippen LogP contribution in [0.1, 0.15) is 36.5 Å². The number of nitrogens with zero attached hydrogens (tertiary/aromatic N) is 2. The van der Waals surface area contributed by atoms with E-state index in [1.807, 2.05) is 6.92 Å². The van der Waals surface area contributed by atoms with Crippen LogP contribution in [-0.2, 0) is 10.0 Å². The van der Waals surface area contributed by atoms with Crippen LogP contribution in [0.25, 0.3) is 0 Å². The molecule has 6 nitrogen and oxygen atoms in total. The third-order valence-electron chi connectivity index (χ3n) is 3.57. The Labute approximate surface area is 125 Å². The van der Waals surface area contributed by atoms with Gasteiger partial charge in [0.15, 0.2) is 0 Å². The summed E-state index contributed by atoms with van der Waals surface area (Å²) in [6.07, 6.45) is 5.06. The molecule has 1 aromatic rings. The summed E-state index contributed by atoms with van der Waals surface area (Å²) < 4.78 is 25.5. The van der Waals surface area contributed by atoms with Gasteiger partial charge in [-0.1, -0.05) is 6.92 Å². The Kier molecular flexibility index (Phi) is 5.30. The lowest BCUT2D eigenvalue weighted by atomic mass is 10.1. The number of hydrogen-bond donors (Lipinski definition) is 1. The number of nitrogens with one attached hydrogen (secondary N) is 1. The van der Waals surface area contributed by atoms with Crippen molar-refractivity contribution in [2.75, 3.05) is 18.8 Å². The van der Waals surface area contributed by atoms with Crippen LogP contribution in [0.5, 0.6) is 0 Å². The molecule has 0 radical (unpaired) electrons. The van der Waals surface area contributed by atoms with Crippen molar-refractivity contribution in [3.63, 3.8) is 0 Å². The van der Waals surface area contributed by atoms with Gasteiger partial charge in [0.05, 0.1) is 11.3 Å². The number of aromatic nitrogens is 1. The van der Waals surface area contributed by atoms with Gasteiger partial charge in [0.2, 0.25) is 10.0 Å². The molecule has 116 valence electrons. The molecule has 2 rings (SSSR count). The Morgan fingerprint density at radius 2 is 2.14 bits per heavy atom. The van der Waals surface area contributed by atoms with Gasteiger partial charge >= 0.3 is 0 Å². The molecule has 0 bridgehead atoms. The number of sulfonamides is 1. The zero-order valence-corrected chi connectivity index (χ0v) is 13.0. The molecule has 1 saturated heterocycles. The number of carbonyl (C=O) groups is 1. The predicted molar refractivity (Wildman–Crippen MR) is 80.4 cm³/mol. The first-order valence-corrected chi connectivity index (χ1v) is 8.82. The fourth-order valence-electron chi connectivity index (χ4n) is 2.43. The highest BCUT2D eigenvalue weighted by Gasteiger charge is 2.28. The van der Waals surface area contributed by atoms with E-state index in [-0.39, 0.29) is 17.7 Å². The second-order valence-electron chi connectivity index (χ2n) is 5.20. The van der Waals surface area contributed by atoms with Crippen LogP contribution in [0.3, 0.4) is 0 Å². The normalized spacial score (nSPS) is 17.6. The Morgan fingerprint density at radius 3 is 2.71 bits per heavy atom. The van der Waals surface area contributed by atoms with Crippen LogP contribution in [0.15, 0.2) is 24.5 Å². The van der Waals surface area contributed by atoms with Gasteiger partial charge in [0, 0.05) is 31.5 Å². The van der Waals surface area contributed by atoms with Gasteiger partial charge in [-0.2, -0.15) is 0 Å². The third-order valence-corrected chi connectivity index (χ3v) is 5.64. The number of carbonyl (C=O) groups excluding carboxylic acids is 1. The first-order valence-electron chi connectivity index (χ1n) is 7.21. The van der Waals surface area contributed by atoms with E-state index in [0.29, 0.717) is 37.9 Å². The molecule has 21 heavy (non-hydrogen) atoms. The summed E-state index contributed by atoms with van der Waals surface area (Å²) in [5, 5.41) is 2.94. The van der Waals surface area contributed by atoms with Gasteiger partial charge in [-0.05, 0) is 31.4 Å². The van der Waals surface area contributed by atoms with Crippen LogP contribution in [0.2, 0.25) is 0 Å². The molecule has 0 saturated carbocycles. The quantitative estimate of drug-likeness (QED) is 0.880. The lowest BCUT2D eigenvalue weighted by Crippen LogP contribution is -2.47. The molecule has 2 heterocycles. The van der Waals surface area contributed by atoms with E-state index in [9.17, 15) is 13.2 Å². The molecular formula is C14H21N3O3S. The van der Waals surface area contributed by atoms with E-state index in [2.05, 4.69) is 10.3 Å². The van der Waals surface area contributed by atoms with E-state index in [0.717, 1.165) is 0 Å². The maximum atomic E-state index is 12.0. The third kappa shape index (κ3) is 4.25. The number of piperidine rings is 1. The van der Waals surface area contributed by atoms with Crippen LogP contribution in [-0.4, -0.2) is 48.5 Å². The fourth-order valence-corrected chi connectivity index (χ4v) is 3.97. The van der Waals surface area contributed by atoms with E-state index in [4.69, 9.17) is 0 Å². The zero-order chi connectivity index (χ0) is 15.3. The lowest BCUT2D eigenvalue weighted by Gasteiger charge is -2.31. The average molecular weight is 311 g/mol. The molecule has 1 N–H and O–H groups in total. The molecule has 1 aromatic heterocycles. The molecule has 0 atom stereocenters. The summed E-state index contributed by atoms with van der Waals surface area (Å²) in [6.45, 7) is 2.80. The molecule has 0 spiro atoms. The molecule has 0 aromatic carbocycles. The second kappa shape index (κ2) is 7.00. The maximum absolute atomic E-state index is 12.0. The van der Waals surface area contributed by atoms with Gasteiger partial charge in [-0.3, -0.25) is 9.78 Å². The summed E-state index contributed by atoms with van der Waals surface area (Å²) >= 11 is 0. The molecule has 1 amide bonds. The van der Waals surface area contributed by atoms with Crippen molar-refractivity contribution in [1.29, 1.82) is 0 Å². The predicted octanol–water partition coefficient (Wildman–Crippen LogP) is 1.02. The fraction of sp³-hybridized carbons (Fsp3) is 0.571. The van der Waals surface area contributed by atoms with Crippen molar-refractivity contribution < 1.29 is 13.2 Å². The van der Waals surface area contributed by atoms with Crippen molar-refractivity contribution in [1.82, 2.24) is 14.6 Å². The van der Waals surface area contributed by atoms with Gasteiger partial charge in [0.1, 0.15) is 0 Å². The second-order valence-corrected chi connectivity index (χ2v) is 7.29. The minimum Gasteiger partial charge on any atom is -0.349 e. The van der Waals surface area contributed by atoms with Gasteiger partial charge in [-0.15, -0.1) is 0 Å². The number of hydrogen-bond acceptors (Lipinski definition) is 4. The smallest absolute Gasteiger partial charge is 0.253 e. The highest BCUT2D eigenvalue weighted by molar-refractivity contribution is 7.89. The Hall–Kier alpha value is -1.47. The van der Waals surface area contributed by atoms with Crippen LogP contribution in [0, 0.1) is 0 Å². The van der Waals surface area contributed by atoms with E-state index in [1.165, 1.54) is 10.5 Å². The average Bonchev–Trinajstić information content (AvgIpc) is 2.48. The van der Waals surface area contributed by atoms with Gasteiger partial charge in [0.25, 0.3) is 5.91 Å². The minimum absolute atomic E-state index is 0.0192. The standard InChI is InChI=1S/C14H21N3O3S/c1-2-10-21(19,20)17-8-5-13(6-9-17)16-14(18)12-4-3-7-15-11-12/h3-4,7,11,13H,2,5-6,8-10H2,1H3,(H,16,18). The Morgan fingerprint density at radius 1 is 1.43 bits per heavy atom. The van der Waals surface area contributed by atoms with E-state index >= 15 is 0 Å². The molecule has 7 heteroatoms. The largest absolute Gasteiger partial charge is 0.349 e. The van der Waals surface area contributed by atoms with E-state index < -0.39 is 10.0 Å². The molecule has 1 aliphatic rings. The molecule has 0 aliphatic carbocycles. The summed E-state index contributed by atoms with van der Waals surface area (Å²) in [5.74, 6) is 0.0395. The monoisotopic (exact) mass is 311 g/mol. The summed E-state index contributed by atoms with van der Waals surface area (Å²) in [6, 6.07) is 3.45. The highest BCUT2D eigenvalue weighted by atomic mass is 32.2. The minimum atomic E-state index is -3.13. The topological polar surface area (TPSA) is 79.4 Å². The van der Waals surface area contributed by atoms with Crippen molar-refractivity contribution in [2.45, 2.75) is 32.2 Å². The van der Waals surface area contributed by atoms with Crippen LogP contribution < -0.4 is 5.32 Å². The molecule has 1 fully saturated rings. The maximum Gasteiger partial charge on any atom is 0.253 e. The first kappa shape index (κ1) is 15.9. The summed E-state index contributed by atoms with van der Waals surface area (Å²) in [4.78, 5) is 15.9. The lowest BCUT2D eigenvalue weighted by molar-refractivity contribution is 0.0923. The summed E-state index contributed by atoms with van der Waals surface area (Å²) in [5.41, 5.74) is 0.526. The number of amides is 1. The first-order chi connectivity index (χ1) is 10.0. The highest BCUT2D eigenvalue weighted by Crippen LogP contribution is 2.15. The van der Waals surface area contributed by atoms with Crippen LogP contribution in [0.4, 0.5) is 0 Å². The molecular weight excluding hydrogens is 290 g/mol. The van der Waals surface area contributed by atoms with Gasteiger partial charge in [-0.25, -0.2) is 12.7 Å². The Bertz CT molecular complexity index is 566.